The lowest BCUT2D eigenvalue weighted by Gasteiger charge is -1.85. The second kappa shape index (κ2) is 5.46. The lowest BCUT2D eigenvalue weighted by molar-refractivity contribution is 0.637. The minimum absolute atomic E-state index is 0.296. The molecule has 0 bridgehead atoms. The number of hydrogen-bond donors (Lipinski definition) is 0. The summed E-state index contributed by atoms with van der Waals surface area (Å²) in [5, 5.41) is 0. The molecule has 0 rings (SSSR count). The second-order valence-electron chi connectivity index (χ2n) is 1.75. The van der Waals surface area contributed by atoms with Gasteiger partial charge in [0.1, 0.15) is 5.83 Å². The molecule has 0 fully saturated rings. The summed E-state index contributed by atoms with van der Waals surface area (Å²) in [4.78, 5) is 10.8. The topological polar surface area (TPSA) is 37.1 Å². The van der Waals surface area contributed by atoms with Crippen LogP contribution in [0.1, 0.15) is 6.92 Å². The molecule has 0 amide bonds. The third kappa shape index (κ3) is 5.14. The number of aliphatic imine (C=N–C) groups is 3. The smallest absolute Gasteiger partial charge is 0.169 e. The van der Waals surface area contributed by atoms with Crippen LogP contribution in [-0.2, 0) is 0 Å². The molecule has 60 valence electrons. The maximum absolute atomic E-state index is 12.1. The van der Waals surface area contributed by atoms with Gasteiger partial charge in [0.25, 0.3) is 0 Å². The molecule has 0 aliphatic carbocycles. The van der Waals surface area contributed by atoms with Crippen LogP contribution in [0.3, 0.4) is 0 Å². The average Bonchev–Trinajstić information content (AvgIpc) is 1.97. The van der Waals surface area contributed by atoms with Crippen LogP contribution in [0.25, 0.3) is 0 Å². The Bertz CT molecular complexity index is 212. The van der Waals surface area contributed by atoms with Gasteiger partial charge in [-0.05, 0) is 13.6 Å². The minimum atomic E-state index is -0.379. The van der Waals surface area contributed by atoms with Crippen molar-refractivity contribution in [3.63, 3.8) is 0 Å². The van der Waals surface area contributed by atoms with Crippen molar-refractivity contribution in [2.45, 2.75) is 6.92 Å². The normalized spacial score (nSPS) is 14.1. The third-order valence-electron chi connectivity index (χ3n) is 0.781. The van der Waals surface area contributed by atoms with Gasteiger partial charge < -0.3 is 0 Å². The highest BCUT2D eigenvalue weighted by Crippen LogP contribution is 1.92. The Balaban J connectivity index is 4.36. The van der Waals surface area contributed by atoms with Crippen molar-refractivity contribution < 1.29 is 4.39 Å². The molecule has 11 heavy (non-hydrogen) atoms. The van der Waals surface area contributed by atoms with E-state index in [1.54, 1.807) is 7.05 Å². The van der Waals surface area contributed by atoms with Crippen molar-refractivity contribution in [1.82, 2.24) is 0 Å². The zero-order valence-electron chi connectivity index (χ0n) is 6.58. The summed E-state index contributed by atoms with van der Waals surface area (Å²) in [7, 11) is 1.58. The fourth-order valence-electron chi connectivity index (χ4n) is 0.386. The van der Waals surface area contributed by atoms with Crippen LogP contribution in [0.4, 0.5) is 4.39 Å². The summed E-state index contributed by atoms with van der Waals surface area (Å²) >= 11 is 0. The van der Waals surface area contributed by atoms with Crippen LogP contribution in [0.2, 0.25) is 0 Å². The maximum Gasteiger partial charge on any atom is 0.169 e. The van der Waals surface area contributed by atoms with Gasteiger partial charge in [-0.15, -0.1) is 0 Å². The summed E-state index contributed by atoms with van der Waals surface area (Å²) in [5.41, 5.74) is 0. The molecule has 0 saturated heterocycles. The highest BCUT2D eigenvalue weighted by molar-refractivity contribution is 6.30. The number of amidine groups is 1. The quantitative estimate of drug-likeness (QED) is 0.429. The standard InChI is InChI=1S/C7H10FN3/c1-6(8)4-11-7(10-3)5-9-2/h4-5H,3H2,1-2H3. The van der Waals surface area contributed by atoms with E-state index in [1.807, 2.05) is 0 Å². The lowest BCUT2D eigenvalue weighted by Crippen LogP contribution is -1.92. The highest BCUT2D eigenvalue weighted by atomic mass is 19.1. The van der Waals surface area contributed by atoms with Crippen molar-refractivity contribution in [3.05, 3.63) is 12.0 Å². The molecular weight excluding hydrogens is 145 g/mol. The summed E-state index contributed by atoms with van der Waals surface area (Å²) in [6.45, 7) is 4.53. The predicted molar refractivity (Wildman–Crippen MR) is 46.3 cm³/mol. The van der Waals surface area contributed by atoms with Gasteiger partial charge >= 0.3 is 0 Å². The fraction of sp³-hybridized carbons (Fsp3) is 0.286. The Morgan fingerprint density at radius 3 is 2.55 bits per heavy atom. The zero-order chi connectivity index (χ0) is 8.69. The van der Waals surface area contributed by atoms with E-state index in [4.69, 9.17) is 0 Å². The molecule has 0 aliphatic heterocycles. The lowest BCUT2D eigenvalue weighted by atomic mass is 10.6. The number of allylic oxidation sites excluding steroid dienone is 1. The van der Waals surface area contributed by atoms with E-state index in [1.165, 1.54) is 13.1 Å². The van der Waals surface area contributed by atoms with Crippen LogP contribution >= 0.6 is 0 Å². The van der Waals surface area contributed by atoms with Gasteiger partial charge in [0.15, 0.2) is 5.84 Å². The van der Waals surface area contributed by atoms with Gasteiger partial charge in [-0.2, -0.15) is 0 Å². The fourth-order valence-corrected chi connectivity index (χ4v) is 0.386. The van der Waals surface area contributed by atoms with E-state index < -0.39 is 0 Å². The molecule has 0 heterocycles. The summed E-state index contributed by atoms with van der Waals surface area (Å²) in [5.74, 6) is -0.0832. The molecule has 4 heteroatoms. The van der Waals surface area contributed by atoms with Gasteiger partial charge in [-0.25, -0.2) is 14.4 Å². The molecule has 0 aromatic heterocycles. The summed E-state index contributed by atoms with van der Waals surface area (Å²) < 4.78 is 12.1. The van der Waals surface area contributed by atoms with Crippen LogP contribution < -0.4 is 0 Å². The Hall–Kier alpha value is -1.32. The Labute approximate surface area is 65.1 Å². The molecule has 0 unspecified atom stereocenters. The van der Waals surface area contributed by atoms with Gasteiger partial charge in [-0.3, -0.25) is 4.99 Å². The van der Waals surface area contributed by atoms with E-state index in [0.717, 1.165) is 6.20 Å². The van der Waals surface area contributed by atoms with Gasteiger partial charge in [0.05, 0.1) is 12.4 Å². The number of nitrogens with zero attached hydrogens (tertiary/aromatic N) is 3. The van der Waals surface area contributed by atoms with Gasteiger partial charge in [0.2, 0.25) is 0 Å². The van der Waals surface area contributed by atoms with Gasteiger partial charge in [0, 0.05) is 7.05 Å². The van der Waals surface area contributed by atoms with Gasteiger partial charge in [-0.1, -0.05) is 0 Å². The molecule has 0 aromatic rings. The Morgan fingerprint density at radius 1 is 1.55 bits per heavy atom. The van der Waals surface area contributed by atoms with Crippen molar-refractivity contribution in [2.75, 3.05) is 7.05 Å². The Morgan fingerprint density at radius 2 is 2.18 bits per heavy atom. The van der Waals surface area contributed by atoms with E-state index >= 15 is 0 Å². The number of rotatable bonds is 2. The monoisotopic (exact) mass is 155 g/mol. The van der Waals surface area contributed by atoms with Crippen molar-refractivity contribution in [3.8, 4) is 0 Å². The van der Waals surface area contributed by atoms with Crippen molar-refractivity contribution >= 4 is 18.8 Å². The van der Waals surface area contributed by atoms with Crippen LogP contribution in [-0.4, -0.2) is 25.8 Å². The second-order valence-corrected chi connectivity index (χ2v) is 1.75. The minimum Gasteiger partial charge on any atom is -0.293 e. The van der Waals surface area contributed by atoms with Crippen molar-refractivity contribution in [1.29, 1.82) is 0 Å². The first kappa shape index (κ1) is 9.68. The van der Waals surface area contributed by atoms with E-state index in [9.17, 15) is 4.39 Å². The summed E-state index contributed by atoms with van der Waals surface area (Å²) in [6.07, 6.45) is 2.46. The van der Waals surface area contributed by atoms with Crippen LogP contribution in [0, 0.1) is 0 Å². The molecule has 0 radical (unpaired) electrons. The number of halogens is 1. The van der Waals surface area contributed by atoms with Crippen LogP contribution in [0.5, 0.6) is 0 Å². The molecular formula is C7H10FN3. The molecule has 3 nitrogen and oxygen atoms in total. The van der Waals surface area contributed by atoms with Crippen LogP contribution in [0.15, 0.2) is 27.0 Å². The SMILES string of the molecule is C=NC(C=NC)=NC=C(C)F. The first-order valence-corrected chi connectivity index (χ1v) is 2.99. The molecule has 0 spiro atoms. The molecule has 0 saturated carbocycles. The molecule has 0 aliphatic rings. The zero-order valence-corrected chi connectivity index (χ0v) is 6.58. The highest BCUT2D eigenvalue weighted by Gasteiger charge is 1.85. The largest absolute Gasteiger partial charge is 0.293 e. The van der Waals surface area contributed by atoms with E-state index in [2.05, 4.69) is 21.7 Å². The average molecular weight is 155 g/mol. The summed E-state index contributed by atoms with van der Waals surface area (Å²) in [6, 6.07) is 0. The third-order valence-corrected chi connectivity index (χ3v) is 0.781. The predicted octanol–water partition coefficient (Wildman–Crippen LogP) is 1.62. The molecule has 0 aromatic carbocycles. The first-order valence-electron chi connectivity index (χ1n) is 2.99. The maximum atomic E-state index is 12.1. The van der Waals surface area contributed by atoms with Crippen molar-refractivity contribution in [2.24, 2.45) is 15.0 Å². The number of hydrogen-bond acceptors (Lipinski definition) is 2. The Kier molecular flexibility index (Phi) is 4.81. The first-order chi connectivity index (χ1) is 5.20. The molecule has 0 atom stereocenters. The van der Waals surface area contributed by atoms with E-state index in [-0.39, 0.29) is 5.83 Å². The molecule has 0 N–H and O–H groups in total. The van der Waals surface area contributed by atoms with E-state index in [0.29, 0.717) is 5.84 Å².